The Balaban J connectivity index is 1.47. The number of ether oxygens (including phenoxy) is 1. The molecule has 0 saturated carbocycles. The number of aliphatic hydroxyl groups excluding tert-OH is 1. The zero-order chi connectivity index (χ0) is 20.3. The van der Waals surface area contributed by atoms with E-state index >= 15 is 0 Å². The number of carbonyl (C=O) groups excluding carboxylic acids is 1. The molecule has 2 heterocycles. The average molecular weight is 421 g/mol. The number of benzene rings is 1. The van der Waals surface area contributed by atoms with E-state index in [2.05, 4.69) is 14.8 Å². The van der Waals surface area contributed by atoms with Crippen LogP contribution in [0.15, 0.2) is 15.5 Å². The molecule has 1 aliphatic heterocycles. The van der Waals surface area contributed by atoms with Crippen LogP contribution >= 0.6 is 0 Å². The van der Waals surface area contributed by atoms with Gasteiger partial charge in [0.05, 0.1) is 19.3 Å². The standard InChI is InChI=1S/C18H20FN5O4S/c19-15-10-2-1-3-12(10)16(13-5-4-11(13)15)22-18(26)23-29(20,27)14-6-21-24-7-9(8-25)28-17(14)24/h6,9,25H,1-5,7-8H2,(H3,20,22,23,26,27)/t9-,29?/m1/s1. The number of nitrogens with two attached hydrogens (primary N) is 1. The van der Waals surface area contributed by atoms with Crippen LogP contribution in [0.2, 0.25) is 0 Å². The van der Waals surface area contributed by atoms with Gasteiger partial charge in [-0.2, -0.15) is 5.10 Å². The third kappa shape index (κ3) is 2.83. The first-order valence-electron chi connectivity index (χ1n) is 9.43. The fraction of sp³-hybridized carbons (Fsp3) is 0.444. The van der Waals surface area contributed by atoms with E-state index in [-0.39, 0.29) is 23.2 Å². The van der Waals surface area contributed by atoms with Crippen molar-refractivity contribution in [1.82, 2.24) is 9.78 Å². The minimum atomic E-state index is -3.62. The van der Waals surface area contributed by atoms with Crippen LogP contribution in [0.3, 0.4) is 0 Å². The third-order valence-electron chi connectivity index (χ3n) is 5.72. The van der Waals surface area contributed by atoms with Crippen LogP contribution in [-0.2, 0) is 42.1 Å². The van der Waals surface area contributed by atoms with Crippen LogP contribution in [0.5, 0.6) is 5.88 Å². The van der Waals surface area contributed by atoms with Gasteiger partial charge in [-0.05, 0) is 54.4 Å². The van der Waals surface area contributed by atoms with Gasteiger partial charge in [-0.25, -0.2) is 23.2 Å². The number of aromatic nitrogens is 2. The van der Waals surface area contributed by atoms with E-state index in [1.165, 1.54) is 10.9 Å². The van der Waals surface area contributed by atoms with Gasteiger partial charge in [0.1, 0.15) is 16.8 Å². The van der Waals surface area contributed by atoms with Gasteiger partial charge in [0.15, 0.2) is 9.92 Å². The minimum Gasteiger partial charge on any atom is -0.469 e. The van der Waals surface area contributed by atoms with Crippen LogP contribution < -0.4 is 15.2 Å². The third-order valence-corrected chi connectivity index (χ3v) is 7.07. The Hall–Kier alpha value is -2.50. The monoisotopic (exact) mass is 421 g/mol. The van der Waals surface area contributed by atoms with E-state index in [9.17, 15) is 18.5 Å². The summed E-state index contributed by atoms with van der Waals surface area (Å²) in [6.07, 6.45) is 4.23. The largest absolute Gasteiger partial charge is 0.469 e. The molecule has 2 aromatic rings. The van der Waals surface area contributed by atoms with E-state index in [0.717, 1.165) is 17.5 Å². The lowest BCUT2D eigenvalue weighted by Gasteiger charge is -2.26. The number of aliphatic hydroxyl groups is 1. The van der Waals surface area contributed by atoms with Crippen LogP contribution in [-0.4, -0.2) is 37.8 Å². The van der Waals surface area contributed by atoms with Crippen molar-refractivity contribution in [2.45, 2.75) is 49.6 Å². The summed E-state index contributed by atoms with van der Waals surface area (Å²) in [5.41, 5.74) is 3.47. The second-order valence-electron chi connectivity index (χ2n) is 7.47. The summed E-state index contributed by atoms with van der Waals surface area (Å²) in [4.78, 5) is 12.6. The van der Waals surface area contributed by atoms with E-state index in [4.69, 9.17) is 9.88 Å². The zero-order valence-electron chi connectivity index (χ0n) is 15.5. The van der Waals surface area contributed by atoms with Gasteiger partial charge < -0.3 is 15.2 Å². The van der Waals surface area contributed by atoms with Gasteiger partial charge in [0, 0.05) is 5.69 Å². The topological polar surface area (TPSA) is 132 Å². The summed E-state index contributed by atoms with van der Waals surface area (Å²) < 4.78 is 38.1. The number of carbonyl (C=O) groups is 1. The number of urea groups is 1. The van der Waals surface area contributed by atoms with Crippen LogP contribution in [0.1, 0.15) is 28.7 Å². The highest BCUT2D eigenvalue weighted by atomic mass is 32.2. The fourth-order valence-corrected chi connectivity index (χ4v) is 5.25. The fourth-order valence-electron chi connectivity index (χ4n) is 4.26. The van der Waals surface area contributed by atoms with Crippen molar-refractivity contribution in [3.63, 3.8) is 0 Å². The number of nitrogens with zero attached hydrogens (tertiary/aromatic N) is 3. The van der Waals surface area contributed by atoms with Crippen molar-refractivity contribution in [1.29, 1.82) is 0 Å². The highest BCUT2D eigenvalue weighted by molar-refractivity contribution is 7.91. The molecule has 2 aliphatic carbocycles. The van der Waals surface area contributed by atoms with E-state index < -0.39 is 22.1 Å². The Kier molecular flexibility index (Phi) is 4.16. The van der Waals surface area contributed by atoms with Crippen LogP contribution in [0.4, 0.5) is 14.9 Å². The molecule has 0 fully saturated rings. The lowest BCUT2D eigenvalue weighted by atomic mass is 9.83. The lowest BCUT2D eigenvalue weighted by Crippen LogP contribution is -2.23. The normalized spacial score (nSPS) is 20.7. The van der Waals surface area contributed by atoms with Crippen molar-refractivity contribution in [2.24, 2.45) is 9.50 Å². The second kappa shape index (κ2) is 6.51. The van der Waals surface area contributed by atoms with E-state index in [1.54, 1.807) is 0 Å². The Morgan fingerprint density at radius 3 is 2.76 bits per heavy atom. The quantitative estimate of drug-likeness (QED) is 0.687. The molecule has 0 radical (unpaired) electrons. The summed E-state index contributed by atoms with van der Waals surface area (Å²) in [7, 11) is -3.62. The van der Waals surface area contributed by atoms with Gasteiger partial charge in [0.2, 0.25) is 5.88 Å². The number of anilines is 1. The molecule has 29 heavy (non-hydrogen) atoms. The molecular weight excluding hydrogens is 401 g/mol. The second-order valence-corrected chi connectivity index (χ2v) is 9.23. The number of rotatable bonds is 3. The summed E-state index contributed by atoms with van der Waals surface area (Å²) >= 11 is 0. The van der Waals surface area contributed by atoms with E-state index in [1.807, 2.05) is 0 Å². The molecule has 0 saturated heterocycles. The molecule has 11 heteroatoms. The lowest BCUT2D eigenvalue weighted by molar-refractivity contribution is 0.130. The zero-order valence-corrected chi connectivity index (χ0v) is 16.3. The summed E-state index contributed by atoms with van der Waals surface area (Å²) in [5, 5.41) is 21.8. The molecule has 1 unspecified atom stereocenters. The molecule has 1 aromatic heterocycles. The predicted octanol–water partition coefficient (Wildman–Crippen LogP) is 1.30. The molecule has 5 rings (SSSR count). The molecule has 9 nitrogen and oxygen atoms in total. The maximum atomic E-state index is 14.5. The number of fused-ring (bicyclic) bond motifs is 3. The Morgan fingerprint density at radius 2 is 2.03 bits per heavy atom. The average Bonchev–Trinajstić information content (AvgIpc) is 3.33. The molecule has 3 aliphatic rings. The Morgan fingerprint density at radius 1 is 1.34 bits per heavy atom. The van der Waals surface area contributed by atoms with E-state index in [0.29, 0.717) is 49.0 Å². The molecule has 0 bridgehead atoms. The molecular formula is C18H20FN5O4S. The first-order valence-corrected chi connectivity index (χ1v) is 11.0. The predicted molar refractivity (Wildman–Crippen MR) is 102 cm³/mol. The molecule has 1 aromatic carbocycles. The van der Waals surface area contributed by atoms with Gasteiger partial charge in [-0.1, -0.05) is 0 Å². The highest BCUT2D eigenvalue weighted by Gasteiger charge is 2.33. The highest BCUT2D eigenvalue weighted by Crippen LogP contribution is 2.42. The summed E-state index contributed by atoms with van der Waals surface area (Å²) in [6.45, 7) is 0.0639. The first kappa shape index (κ1) is 18.5. The smallest absolute Gasteiger partial charge is 0.354 e. The minimum absolute atomic E-state index is 0.000872. The Bertz CT molecular complexity index is 1170. The number of halogens is 1. The van der Waals surface area contributed by atoms with Crippen molar-refractivity contribution < 1.29 is 23.2 Å². The first-order chi connectivity index (χ1) is 13.9. The van der Waals surface area contributed by atoms with Crippen LogP contribution in [0, 0.1) is 5.82 Å². The SMILES string of the molecule is NS(=O)(=NC(=O)Nc1c2c(c(F)c3c1CC3)CCC2)c1cnn2c1O[C@@H](CO)C2. The van der Waals surface area contributed by atoms with Crippen molar-refractivity contribution in [3.05, 3.63) is 34.3 Å². The number of hydrogen-bond donors (Lipinski definition) is 3. The Labute approximate surface area is 166 Å². The number of amides is 2. The molecule has 4 N–H and O–H groups in total. The van der Waals surface area contributed by atoms with Crippen molar-refractivity contribution in [3.8, 4) is 5.88 Å². The maximum Gasteiger partial charge on any atom is 0.354 e. The maximum absolute atomic E-state index is 14.5. The van der Waals surface area contributed by atoms with Gasteiger partial charge in [-0.3, -0.25) is 0 Å². The van der Waals surface area contributed by atoms with Gasteiger partial charge in [0.25, 0.3) is 0 Å². The van der Waals surface area contributed by atoms with Crippen LogP contribution in [0.25, 0.3) is 0 Å². The van der Waals surface area contributed by atoms with Crippen molar-refractivity contribution >= 4 is 21.6 Å². The molecule has 2 amide bonds. The molecule has 2 atom stereocenters. The molecule has 154 valence electrons. The van der Waals surface area contributed by atoms with Gasteiger partial charge in [-0.15, -0.1) is 4.36 Å². The summed E-state index contributed by atoms with van der Waals surface area (Å²) in [6, 6.07) is -0.857. The van der Waals surface area contributed by atoms with Gasteiger partial charge >= 0.3 is 6.03 Å². The number of nitrogens with one attached hydrogen (secondary N) is 1. The number of hydrogen-bond acceptors (Lipinski definition) is 5. The van der Waals surface area contributed by atoms with Crippen molar-refractivity contribution in [2.75, 3.05) is 11.9 Å². The molecule has 0 spiro atoms. The summed E-state index contributed by atoms with van der Waals surface area (Å²) in [5.74, 6) is -0.0118.